The van der Waals surface area contributed by atoms with Gasteiger partial charge in [0.1, 0.15) is 11.4 Å². The predicted molar refractivity (Wildman–Crippen MR) is 145 cm³/mol. The molecule has 4 saturated carbocycles. The molecule has 6 nitrogen and oxygen atoms in total. The molecule has 1 amide bonds. The SMILES string of the molecule is CN(CCCC/C=C1\CC[C@]2(C)C3CC[C@]4(C)C(=O)CCC4C3[C@H](O)[C@H](CO)C2C1)C(=O)OC(C)(C)C. The summed E-state index contributed by atoms with van der Waals surface area (Å²) in [6, 6.07) is 0. The van der Waals surface area contributed by atoms with Crippen LogP contribution in [0, 0.1) is 40.4 Å². The second kappa shape index (κ2) is 10.6. The molecular weight excluding hydrogens is 466 g/mol. The highest BCUT2D eigenvalue weighted by Gasteiger charge is 2.64. The molecule has 0 bridgehead atoms. The molecule has 4 aliphatic carbocycles. The predicted octanol–water partition coefficient (Wildman–Crippen LogP) is 5.75. The Morgan fingerprint density at radius 3 is 2.51 bits per heavy atom. The topological polar surface area (TPSA) is 87.1 Å². The fraction of sp³-hybridized carbons (Fsp3) is 0.871. The van der Waals surface area contributed by atoms with E-state index in [0.29, 0.717) is 24.7 Å². The molecule has 37 heavy (non-hydrogen) atoms. The van der Waals surface area contributed by atoms with Crippen molar-refractivity contribution in [3.63, 3.8) is 0 Å². The molecule has 0 heterocycles. The van der Waals surface area contributed by atoms with Crippen molar-refractivity contribution < 1.29 is 24.5 Å². The molecule has 210 valence electrons. The Morgan fingerprint density at radius 1 is 1.11 bits per heavy atom. The second-order valence-corrected chi connectivity index (χ2v) is 14.1. The Bertz CT molecular complexity index is 893. The van der Waals surface area contributed by atoms with E-state index in [9.17, 15) is 19.8 Å². The first-order chi connectivity index (χ1) is 17.3. The lowest BCUT2D eigenvalue weighted by molar-refractivity contribution is -0.191. The molecule has 2 N–H and O–H groups in total. The number of nitrogens with zero attached hydrogens (tertiary/aromatic N) is 1. The van der Waals surface area contributed by atoms with Crippen molar-refractivity contribution in [3.05, 3.63) is 11.6 Å². The Labute approximate surface area is 224 Å². The summed E-state index contributed by atoms with van der Waals surface area (Å²) < 4.78 is 5.43. The summed E-state index contributed by atoms with van der Waals surface area (Å²) in [5, 5.41) is 22.1. The van der Waals surface area contributed by atoms with Crippen LogP contribution < -0.4 is 0 Å². The third-order valence-corrected chi connectivity index (χ3v) is 10.8. The van der Waals surface area contributed by atoms with Crippen LogP contribution in [-0.2, 0) is 9.53 Å². The lowest BCUT2D eigenvalue weighted by Crippen LogP contribution is -2.62. The Hall–Kier alpha value is -1.40. The number of hydrogen-bond donors (Lipinski definition) is 2. The first-order valence-electron chi connectivity index (χ1n) is 14.8. The maximum Gasteiger partial charge on any atom is 0.410 e. The molecule has 0 aromatic heterocycles. The van der Waals surface area contributed by atoms with Crippen LogP contribution in [0.3, 0.4) is 0 Å². The van der Waals surface area contributed by atoms with E-state index >= 15 is 0 Å². The lowest BCUT2D eigenvalue weighted by atomic mass is 9.42. The van der Waals surface area contributed by atoms with Crippen LogP contribution in [0.1, 0.15) is 98.8 Å². The zero-order chi connectivity index (χ0) is 27.2. The Morgan fingerprint density at radius 2 is 1.84 bits per heavy atom. The largest absolute Gasteiger partial charge is 0.444 e. The zero-order valence-electron chi connectivity index (χ0n) is 24.1. The van der Waals surface area contributed by atoms with Crippen LogP contribution in [0.4, 0.5) is 4.79 Å². The summed E-state index contributed by atoms with van der Waals surface area (Å²) in [6.07, 6.45) is 11.2. The van der Waals surface area contributed by atoms with Gasteiger partial charge in [-0.15, -0.1) is 0 Å². The number of unbranched alkanes of at least 4 members (excludes halogenated alkanes) is 2. The number of aliphatic hydroxyl groups excluding tert-OH is 2. The average molecular weight is 518 g/mol. The molecule has 0 saturated heterocycles. The van der Waals surface area contributed by atoms with E-state index < -0.39 is 11.7 Å². The van der Waals surface area contributed by atoms with Crippen molar-refractivity contribution >= 4 is 11.9 Å². The lowest BCUT2D eigenvalue weighted by Gasteiger charge is -2.63. The first kappa shape index (κ1) is 28.6. The Balaban J connectivity index is 1.37. The summed E-state index contributed by atoms with van der Waals surface area (Å²) in [7, 11) is 1.79. The fourth-order valence-electron chi connectivity index (χ4n) is 8.72. The molecule has 4 rings (SSSR count). The van der Waals surface area contributed by atoms with Gasteiger partial charge in [0.15, 0.2) is 0 Å². The first-order valence-corrected chi connectivity index (χ1v) is 14.8. The summed E-state index contributed by atoms with van der Waals surface area (Å²) in [4.78, 5) is 26.6. The summed E-state index contributed by atoms with van der Waals surface area (Å²) in [6.45, 7) is 10.9. The standard InChI is InChI=1S/C31H51NO5/c1-29(2,3)37-28(36)32(6)17-9-7-8-10-20-13-15-30(4)23-14-16-31(5)22(11-12-25(31)34)26(23)27(35)21(19-33)24(30)18-20/h10,21-24,26-27,33,35H,7-9,11-19H2,1-6H3/b20-10+/t21-,22?,23?,24?,26?,27-,30-,31+/m1/s1. The number of amides is 1. The van der Waals surface area contributed by atoms with E-state index in [1.165, 1.54) is 5.57 Å². The molecule has 0 radical (unpaired) electrons. The van der Waals surface area contributed by atoms with E-state index in [-0.39, 0.29) is 47.2 Å². The van der Waals surface area contributed by atoms with Crippen molar-refractivity contribution in [1.82, 2.24) is 4.90 Å². The average Bonchev–Trinajstić information content (AvgIpc) is 3.13. The third-order valence-electron chi connectivity index (χ3n) is 10.8. The maximum atomic E-state index is 12.8. The van der Waals surface area contributed by atoms with Crippen LogP contribution in [-0.4, -0.2) is 58.9 Å². The molecule has 0 aromatic rings. The minimum atomic E-state index is -0.522. The number of Topliss-reactive ketones (excluding diaryl/α,β-unsaturated/α-hetero) is 1. The highest BCUT2D eigenvalue weighted by molar-refractivity contribution is 5.87. The number of rotatable bonds is 6. The van der Waals surface area contributed by atoms with Crippen LogP contribution in [0.25, 0.3) is 0 Å². The van der Waals surface area contributed by atoms with Crippen LogP contribution in [0.2, 0.25) is 0 Å². The van der Waals surface area contributed by atoms with Gasteiger partial charge in [-0.2, -0.15) is 0 Å². The number of carbonyl (C=O) groups is 2. The number of ketones is 1. The minimum Gasteiger partial charge on any atom is -0.444 e. The van der Waals surface area contributed by atoms with Crippen molar-refractivity contribution in [2.45, 2.75) is 111 Å². The quantitative estimate of drug-likeness (QED) is 0.346. The van der Waals surface area contributed by atoms with E-state index in [2.05, 4.69) is 19.9 Å². The van der Waals surface area contributed by atoms with Gasteiger partial charge >= 0.3 is 6.09 Å². The molecule has 0 aliphatic heterocycles. The third kappa shape index (κ3) is 5.39. The highest BCUT2D eigenvalue weighted by Crippen LogP contribution is 2.67. The molecule has 6 heteroatoms. The van der Waals surface area contributed by atoms with Gasteiger partial charge in [-0.1, -0.05) is 25.5 Å². The van der Waals surface area contributed by atoms with Crippen LogP contribution >= 0.6 is 0 Å². The molecule has 4 unspecified atom stereocenters. The van der Waals surface area contributed by atoms with Gasteiger partial charge in [0, 0.05) is 38.0 Å². The number of hydrogen-bond acceptors (Lipinski definition) is 5. The van der Waals surface area contributed by atoms with E-state index in [0.717, 1.165) is 57.8 Å². The van der Waals surface area contributed by atoms with Gasteiger partial charge in [0.25, 0.3) is 0 Å². The highest BCUT2D eigenvalue weighted by atomic mass is 16.6. The molecular formula is C31H51NO5. The van der Waals surface area contributed by atoms with E-state index in [1.807, 2.05) is 20.8 Å². The molecule has 8 atom stereocenters. The number of ether oxygens (including phenoxy) is 1. The van der Waals surface area contributed by atoms with E-state index in [4.69, 9.17) is 4.74 Å². The number of carbonyl (C=O) groups excluding carboxylic acids is 2. The molecule has 4 fully saturated rings. The normalized spacial score (nSPS) is 40.6. The van der Waals surface area contributed by atoms with Gasteiger partial charge in [-0.25, -0.2) is 4.79 Å². The summed E-state index contributed by atoms with van der Waals surface area (Å²) >= 11 is 0. The monoisotopic (exact) mass is 517 g/mol. The fourth-order valence-corrected chi connectivity index (χ4v) is 8.72. The number of allylic oxidation sites excluding steroid dienone is 2. The van der Waals surface area contributed by atoms with Gasteiger partial charge < -0.3 is 19.8 Å². The molecule has 0 spiro atoms. The Kier molecular flexibility index (Phi) is 8.22. The van der Waals surface area contributed by atoms with Gasteiger partial charge in [-0.3, -0.25) is 4.79 Å². The number of fused-ring (bicyclic) bond motifs is 5. The van der Waals surface area contributed by atoms with Crippen LogP contribution in [0.15, 0.2) is 11.6 Å². The van der Waals surface area contributed by atoms with Gasteiger partial charge in [0.2, 0.25) is 0 Å². The molecule has 0 aromatic carbocycles. The van der Waals surface area contributed by atoms with Gasteiger partial charge in [0.05, 0.1) is 6.10 Å². The maximum absolute atomic E-state index is 12.8. The zero-order valence-corrected chi connectivity index (χ0v) is 24.1. The molecule has 4 aliphatic rings. The van der Waals surface area contributed by atoms with Crippen molar-refractivity contribution in [2.24, 2.45) is 40.4 Å². The van der Waals surface area contributed by atoms with Crippen molar-refractivity contribution in [1.29, 1.82) is 0 Å². The minimum absolute atomic E-state index is 0.0201. The van der Waals surface area contributed by atoms with Gasteiger partial charge in [-0.05, 0) is 108 Å². The van der Waals surface area contributed by atoms with Crippen molar-refractivity contribution in [3.8, 4) is 0 Å². The van der Waals surface area contributed by atoms with Crippen molar-refractivity contribution in [2.75, 3.05) is 20.2 Å². The number of aliphatic hydroxyl groups is 2. The summed E-state index contributed by atoms with van der Waals surface area (Å²) in [5.41, 5.74) is 0.820. The van der Waals surface area contributed by atoms with E-state index in [1.54, 1.807) is 11.9 Å². The smallest absolute Gasteiger partial charge is 0.410 e. The summed E-state index contributed by atoms with van der Waals surface area (Å²) in [5.74, 6) is 1.39. The van der Waals surface area contributed by atoms with Crippen LogP contribution in [0.5, 0.6) is 0 Å². The second-order valence-electron chi connectivity index (χ2n) is 14.1.